The first-order chi connectivity index (χ1) is 6.61. The van der Waals surface area contributed by atoms with E-state index in [0.717, 1.165) is 17.5 Å². The minimum Gasteiger partial charge on any atom is -0.329 e. The molecular formula is C10H14Cl2N2. The number of nitrogens with two attached hydrogens (primary N) is 2. The van der Waals surface area contributed by atoms with Crippen molar-refractivity contribution in [2.45, 2.75) is 19.4 Å². The second kappa shape index (κ2) is 4.99. The Morgan fingerprint density at radius 2 is 2.00 bits per heavy atom. The van der Waals surface area contributed by atoms with E-state index in [1.165, 1.54) is 0 Å². The summed E-state index contributed by atoms with van der Waals surface area (Å²) in [6.45, 7) is 2.43. The van der Waals surface area contributed by atoms with Crippen molar-refractivity contribution in [1.82, 2.24) is 0 Å². The van der Waals surface area contributed by atoms with Gasteiger partial charge in [0.15, 0.2) is 0 Å². The van der Waals surface area contributed by atoms with Crippen LogP contribution in [0.2, 0.25) is 10.0 Å². The quantitative estimate of drug-likeness (QED) is 0.842. The molecular weight excluding hydrogens is 219 g/mol. The Morgan fingerprint density at radius 1 is 1.36 bits per heavy atom. The molecule has 78 valence electrons. The Labute approximate surface area is 94.2 Å². The predicted molar refractivity (Wildman–Crippen MR) is 61.8 cm³/mol. The number of benzene rings is 1. The van der Waals surface area contributed by atoms with Gasteiger partial charge in [0.1, 0.15) is 0 Å². The summed E-state index contributed by atoms with van der Waals surface area (Å²) in [6, 6.07) is 3.48. The molecule has 14 heavy (non-hydrogen) atoms. The molecule has 0 saturated heterocycles. The fraction of sp³-hybridized carbons (Fsp3) is 0.400. The Hall–Kier alpha value is -0.280. The van der Waals surface area contributed by atoms with Gasteiger partial charge in [-0.15, -0.1) is 0 Å². The summed E-state index contributed by atoms with van der Waals surface area (Å²) in [6.07, 6.45) is 0.808. The molecule has 0 heterocycles. The monoisotopic (exact) mass is 232 g/mol. The zero-order chi connectivity index (χ0) is 10.7. The van der Waals surface area contributed by atoms with Gasteiger partial charge in [-0.2, -0.15) is 0 Å². The third-order valence-corrected chi connectivity index (χ3v) is 3.08. The highest BCUT2D eigenvalue weighted by Gasteiger charge is 2.13. The summed E-state index contributed by atoms with van der Waals surface area (Å²) in [5, 5.41) is 1.16. The van der Waals surface area contributed by atoms with Gasteiger partial charge in [-0.05, 0) is 23.6 Å². The van der Waals surface area contributed by atoms with E-state index in [2.05, 4.69) is 0 Å². The number of rotatable bonds is 3. The van der Waals surface area contributed by atoms with Crippen LogP contribution in [-0.2, 0) is 6.42 Å². The van der Waals surface area contributed by atoms with Crippen LogP contribution in [0, 0.1) is 0 Å². The Kier molecular flexibility index (Phi) is 4.20. The van der Waals surface area contributed by atoms with Crippen LogP contribution >= 0.6 is 23.2 Å². The molecule has 0 fully saturated rings. The third kappa shape index (κ3) is 2.20. The van der Waals surface area contributed by atoms with Crippen LogP contribution in [-0.4, -0.2) is 6.54 Å². The van der Waals surface area contributed by atoms with Crippen LogP contribution in [0.4, 0.5) is 0 Å². The molecule has 1 aromatic carbocycles. The lowest BCUT2D eigenvalue weighted by molar-refractivity contribution is 0.727. The summed E-state index contributed by atoms with van der Waals surface area (Å²) in [4.78, 5) is 0. The van der Waals surface area contributed by atoms with E-state index in [0.29, 0.717) is 16.6 Å². The molecule has 0 aliphatic heterocycles. The average Bonchev–Trinajstić information content (AvgIpc) is 2.20. The Bertz CT molecular complexity index is 326. The molecule has 1 rings (SSSR count). The highest BCUT2D eigenvalue weighted by Crippen LogP contribution is 2.31. The maximum Gasteiger partial charge on any atom is 0.0627 e. The first-order valence-electron chi connectivity index (χ1n) is 4.54. The number of halogens is 2. The zero-order valence-corrected chi connectivity index (χ0v) is 9.57. The van der Waals surface area contributed by atoms with Crippen molar-refractivity contribution >= 4 is 23.2 Å². The van der Waals surface area contributed by atoms with Crippen molar-refractivity contribution in [2.24, 2.45) is 11.5 Å². The summed E-state index contributed by atoms with van der Waals surface area (Å²) >= 11 is 12.0. The number of hydrogen-bond acceptors (Lipinski definition) is 2. The fourth-order valence-electron chi connectivity index (χ4n) is 1.44. The average molecular weight is 233 g/mol. The van der Waals surface area contributed by atoms with Crippen molar-refractivity contribution in [3.05, 3.63) is 33.3 Å². The molecule has 2 nitrogen and oxygen atoms in total. The molecule has 0 aliphatic carbocycles. The molecule has 1 atom stereocenters. The summed E-state index contributed by atoms with van der Waals surface area (Å²) in [7, 11) is 0. The topological polar surface area (TPSA) is 52.0 Å². The van der Waals surface area contributed by atoms with E-state index >= 15 is 0 Å². The highest BCUT2D eigenvalue weighted by atomic mass is 35.5. The summed E-state index contributed by atoms with van der Waals surface area (Å²) < 4.78 is 0. The standard InChI is InChI=1S/C10H14Cl2N2/c1-2-6-7(9(14)5-13)3-4-8(11)10(6)12/h3-4,9H,2,5,13-14H2,1H3/t9-/m1/s1. The van der Waals surface area contributed by atoms with E-state index in [1.54, 1.807) is 6.07 Å². The highest BCUT2D eigenvalue weighted by molar-refractivity contribution is 6.42. The third-order valence-electron chi connectivity index (χ3n) is 2.24. The first-order valence-corrected chi connectivity index (χ1v) is 5.29. The van der Waals surface area contributed by atoms with Crippen molar-refractivity contribution in [1.29, 1.82) is 0 Å². The molecule has 1 aromatic rings. The molecule has 0 saturated carbocycles. The van der Waals surface area contributed by atoms with Crippen molar-refractivity contribution in [3.63, 3.8) is 0 Å². The lowest BCUT2D eigenvalue weighted by Gasteiger charge is -2.15. The van der Waals surface area contributed by atoms with Crippen LogP contribution in [0.15, 0.2) is 12.1 Å². The Morgan fingerprint density at radius 3 is 2.50 bits per heavy atom. The number of hydrogen-bond donors (Lipinski definition) is 2. The molecule has 0 bridgehead atoms. The molecule has 0 aromatic heterocycles. The SMILES string of the molecule is CCc1c([C@H](N)CN)ccc(Cl)c1Cl. The predicted octanol–water partition coefficient (Wildman–Crippen LogP) is 2.51. The summed E-state index contributed by atoms with van der Waals surface area (Å²) in [5.74, 6) is 0. The second-order valence-corrected chi connectivity index (χ2v) is 3.91. The molecule has 0 spiro atoms. The largest absolute Gasteiger partial charge is 0.329 e. The van der Waals surface area contributed by atoms with E-state index in [-0.39, 0.29) is 6.04 Å². The minimum atomic E-state index is -0.167. The van der Waals surface area contributed by atoms with E-state index in [4.69, 9.17) is 34.7 Å². The van der Waals surface area contributed by atoms with Gasteiger partial charge >= 0.3 is 0 Å². The second-order valence-electron chi connectivity index (χ2n) is 3.12. The van der Waals surface area contributed by atoms with Gasteiger partial charge in [-0.3, -0.25) is 0 Å². The summed E-state index contributed by atoms with van der Waals surface area (Å²) in [5.41, 5.74) is 13.4. The zero-order valence-electron chi connectivity index (χ0n) is 8.06. The Balaban J connectivity index is 3.23. The minimum absolute atomic E-state index is 0.167. The fourth-order valence-corrected chi connectivity index (χ4v) is 1.92. The van der Waals surface area contributed by atoms with Gasteiger partial charge in [0.05, 0.1) is 10.0 Å². The lowest BCUT2D eigenvalue weighted by atomic mass is 9.99. The van der Waals surface area contributed by atoms with E-state index < -0.39 is 0 Å². The maximum absolute atomic E-state index is 6.07. The first kappa shape index (κ1) is 11.8. The van der Waals surface area contributed by atoms with Gasteiger partial charge in [-0.1, -0.05) is 36.2 Å². The smallest absolute Gasteiger partial charge is 0.0627 e. The normalized spacial score (nSPS) is 12.9. The molecule has 0 aliphatic rings. The molecule has 4 N–H and O–H groups in total. The van der Waals surface area contributed by atoms with Gasteiger partial charge < -0.3 is 11.5 Å². The van der Waals surface area contributed by atoms with Gasteiger partial charge in [0.2, 0.25) is 0 Å². The molecule has 4 heteroatoms. The van der Waals surface area contributed by atoms with Crippen molar-refractivity contribution in [3.8, 4) is 0 Å². The van der Waals surface area contributed by atoms with Gasteiger partial charge in [0, 0.05) is 12.6 Å². The van der Waals surface area contributed by atoms with Crippen LogP contribution in [0.5, 0.6) is 0 Å². The lowest BCUT2D eigenvalue weighted by Crippen LogP contribution is -2.22. The van der Waals surface area contributed by atoms with Crippen LogP contribution in [0.1, 0.15) is 24.1 Å². The van der Waals surface area contributed by atoms with Gasteiger partial charge in [-0.25, -0.2) is 0 Å². The van der Waals surface area contributed by atoms with Crippen molar-refractivity contribution < 1.29 is 0 Å². The molecule has 0 radical (unpaired) electrons. The molecule has 0 amide bonds. The van der Waals surface area contributed by atoms with Gasteiger partial charge in [0.25, 0.3) is 0 Å². The van der Waals surface area contributed by atoms with Crippen LogP contribution < -0.4 is 11.5 Å². The van der Waals surface area contributed by atoms with E-state index in [1.807, 2.05) is 13.0 Å². The molecule has 0 unspecified atom stereocenters. The maximum atomic E-state index is 6.07. The van der Waals surface area contributed by atoms with Crippen LogP contribution in [0.25, 0.3) is 0 Å². The van der Waals surface area contributed by atoms with Crippen molar-refractivity contribution in [2.75, 3.05) is 6.54 Å². The van der Waals surface area contributed by atoms with E-state index in [9.17, 15) is 0 Å². The van der Waals surface area contributed by atoms with Crippen LogP contribution in [0.3, 0.4) is 0 Å².